The summed E-state index contributed by atoms with van der Waals surface area (Å²) in [5, 5.41) is 13.0. The normalized spacial score (nSPS) is 20.3. The second kappa shape index (κ2) is 7.39. The summed E-state index contributed by atoms with van der Waals surface area (Å²) in [6.45, 7) is 4.39. The lowest BCUT2D eigenvalue weighted by Crippen LogP contribution is -2.39. The zero-order valence-electron chi connectivity index (χ0n) is 13.2. The summed E-state index contributed by atoms with van der Waals surface area (Å²) in [5.41, 5.74) is 0.355. The molecule has 1 aromatic carbocycles. The maximum absolute atomic E-state index is 12.5. The van der Waals surface area contributed by atoms with Crippen molar-refractivity contribution in [2.45, 2.75) is 18.4 Å². The maximum Gasteiger partial charge on any atom is 0.247 e. The van der Waals surface area contributed by atoms with E-state index in [-0.39, 0.29) is 31.4 Å². The second-order valence-corrected chi connectivity index (χ2v) is 5.75. The van der Waals surface area contributed by atoms with Crippen LogP contribution in [0, 0.1) is 0 Å². The van der Waals surface area contributed by atoms with Crippen LogP contribution in [0.25, 0.3) is 0 Å². The zero-order valence-corrected chi connectivity index (χ0v) is 13.2. The van der Waals surface area contributed by atoms with Crippen molar-refractivity contribution in [3.63, 3.8) is 0 Å². The number of hydrogen-bond donors (Lipinski definition) is 2. The smallest absolute Gasteiger partial charge is 0.247 e. The molecule has 1 saturated heterocycles. The van der Waals surface area contributed by atoms with Crippen LogP contribution >= 0.6 is 0 Å². The molecule has 1 atom stereocenters. The van der Waals surface area contributed by atoms with Gasteiger partial charge in [-0.3, -0.25) is 9.59 Å². The van der Waals surface area contributed by atoms with Crippen molar-refractivity contribution in [3.05, 3.63) is 42.5 Å². The molecular formula is C17H22N2O4. The Morgan fingerprint density at radius 3 is 2.91 bits per heavy atom. The molecule has 0 spiro atoms. The number of nitrogens with one attached hydrogen (secondary N) is 1. The van der Waals surface area contributed by atoms with E-state index in [9.17, 15) is 14.7 Å². The van der Waals surface area contributed by atoms with Gasteiger partial charge in [-0.1, -0.05) is 24.8 Å². The van der Waals surface area contributed by atoms with Gasteiger partial charge in [-0.15, -0.1) is 0 Å². The third kappa shape index (κ3) is 4.40. The van der Waals surface area contributed by atoms with Crippen LogP contribution in [0.1, 0.15) is 12.0 Å². The van der Waals surface area contributed by atoms with Crippen molar-refractivity contribution >= 4 is 17.5 Å². The Balaban J connectivity index is 2.04. The molecule has 124 valence electrons. The molecule has 1 fully saturated rings. The van der Waals surface area contributed by atoms with Gasteiger partial charge in [0.2, 0.25) is 11.8 Å². The van der Waals surface area contributed by atoms with E-state index in [1.54, 1.807) is 23.1 Å². The molecule has 2 amide bonds. The molecule has 1 unspecified atom stereocenters. The number of β-amino-alcohol motifs (C(OH)–C–C–N with tert-alkyl or cyclic N) is 1. The molecule has 6 heteroatoms. The Labute approximate surface area is 135 Å². The summed E-state index contributed by atoms with van der Waals surface area (Å²) in [6.07, 6.45) is 1.85. The highest BCUT2D eigenvalue weighted by molar-refractivity contribution is 5.99. The molecule has 2 N–H and O–H groups in total. The minimum absolute atomic E-state index is 0.0858. The average Bonchev–Trinajstić information content (AvgIpc) is 2.91. The predicted molar refractivity (Wildman–Crippen MR) is 87.0 cm³/mol. The first-order valence-electron chi connectivity index (χ1n) is 7.48. The molecule has 1 heterocycles. The second-order valence-electron chi connectivity index (χ2n) is 5.75. The van der Waals surface area contributed by atoms with E-state index in [0.29, 0.717) is 18.7 Å². The zero-order chi connectivity index (χ0) is 16.9. The number of benzene rings is 1. The van der Waals surface area contributed by atoms with Crippen LogP contribution in [0.3, 0.4) is 0 Å². The van der Waals surface area contributed by atoms with E-state index < -0.39 is 5.60 Å². The highest BCUT2D eigenvalue weighted by Gasteiger charge is 2.38. The van der Waals surface area contributed by atoms with Gasteiger partial charge in [-0.2, -0.15) is 0 Å². The molecule has 1 aromatic rings. The first kappa shape index (κ1) is 17.2. The van der Waals surface area contributed by atoms with Gasteiger partial charge in [0, 0.05) is 19.3 Å². The average molecular weight is 318 g/mol. The monoisotopic (exact) mass is 318 g/mol. The summed E-state index contributed by atoms with van der Waals surface area (Å²) in [4.78, 5) is 25.5. The van der Waals surface area contributed by atoms with Gasteiger partial charge in [-0.25, -0.2) is 0 Å². The molecule has 2 rings (SSSR count). The molecule has 0 saturated carbocycles. The molecule has 1 aliphatic heterocycles. The summed E-state index contributed by atoms with van der Waals surface area (Å²) in [7, 11) is 1.53. The highest BCUT2D eigenvalue weighted by Crippen LogP contribution is 2.23. The first-order valence-corrected chi connectivity index (χ1v) is 7.48. The van der Waals surface area contributed by atoms with Gasteiger partial charge in [0.15, 0.2) is 0 Å². The van der Waals surface area contributed by atoms with Crippen LogP contribution in [-0.4, -0.2) is 54.2 Å². The summed E-state index contributed by atoms with van der Waals surface area (Å²) >= 11 is 0. The lowest BCUT2D eigenvalue weighted by atomic mass is 10.1. The van der Waals surface area contributed by atoms with E-state index in [0.717, 1.165) is 5.56 Å². The van der Waals surface area contributed by atoms with Crippen molar-refractivity contribution in [3.8, 4) is 0 Å². The van der Waals surface area contributed by atoms with Crippen LogP contribution in [0.4, 0.5) is 5.69 Å². The fourth-order valence-electron chi connectivity index (χ4n) is 2.71. The summed E-state index contributed by atoms with van der Waals surface area (Å²) < 4.78 is 5.01. The number of carbonyl (C=O) groups excluding carboxylic acids is 2. The molecule has 1 aliphatic rings. The number of nitrogens with zero attached hydrogens (tertiary/aromatic N) is 1. The van der Waals surface area contributed by atoms with Crippen molar-refractivity contribution in [2.24, 2.45) is 0 Å². The number of ether oxygens (including phenoxy) is 1. The van der Waals surface area contributed by atoms with Gasteiger partial charge in [0.1, 0.15) is 5.60 Å². The molecular weight excluding hydrogens is 296 g/mol. The molecule has 0 radical (unpaired) electrons. The summed E-state index contributed by atoms with van der Waals surface area (Å²) in [5.74, 6) is -0.405. The number of carbonyl (C=O) groups is 2. The number of amides is 2. The van der Waals surface area contributed by atoms with E-state index in [1.165, 1.54) is 13.2 Å². The van der Waals surface area contributed by atoms with Crippen LogP contribution in [-0.2, 0) is 20.7 Å². The van der Waals surface area contributed by atoms with Gasteiger partial charge in [-0.05, 0) is 24.1 Å². The van der Waals surface area contributed by atoms with Gasteiger partial charge in [0.25, 0.3) is 0 Å². The lowest BCUT2D eigenvalue weighted by molar-refractivity contribution is -0.130. The first-order chi connectivity index (χ1) is 11.0. The van der Waals surface area contributed by atoms with E-state index in [1.807, 2.05) is 6.07 Å². The number of methoxy groups -OCH3 is 1. The maximum atomic E-state index is 12.5. The molecule has 23 heavy (non-hydrogen) atoms. The standard InChI is InChI=1S/C17H22N2O4/c1-3-15(20)18-14-7-5-4-6-13(14)10-16(21)19-9-8-17(22,11-19)12-23-2/h3-7,22H,1,8-12H2,2H3,(H,18,20). The number of rotatable bonds is 6. The highest BCUT2D eigenvalue weighted by atomic mass is 16.5. The fourth-order valence-corrected chi connectivity index (χ4v) is 2.71. The third-order valence-electron chi connectivity index (χ3n) is 3.90. The van der Waals surface area contributed by atoms with Crippen LogP contribution in [0.5, 0.6) is 0 Å². The molecule has 0 bridgehead atoms. The Kier molecular flexibility index (Phi) is 5.52. The van der Waals surface area contributed by atoms with Crippen molar-refractivity contribution in [1.82, 2.24) is 4.90 Å². The Morgan fingerprint density at radius 1 is 1.48 bits per heavy atom. The van der Waals surface area contributed by atoms with Crippen LogP contribution in [0.15, 0.2) is 36.9 Å². The number of hydrogen-bond acceptors (Lipinski definition) is 4. The Bertz CT molecular complexity index is 602. The van der Waals surface area contributed by atoms with E-state index >= 15 is 0 Å². The van der Waals surface area contributed by atoms with Crippen LogP contribution in [0.2, 0.25) is 0 Å². The Morgan fingerprint density at radius 2 is 2.22 bits per heavy atom. The lowest BCUT2D eigenvalue weighted by Gasteiger charge is -2.22. The predicted octanol–water partition coefficient (Wildman–Crippen LogP) is 0.963. The van der Waals surface area contributed by atoms with E-state index in [4.69, 9.17) is 4.74 Å². The largest absolute Gasteiger partial charge is 0.386 e. The number of likely N-dealkylation sites (tertiary alicyclic amines) is 1. The fraction of sp³-hybridized carbons (Fsp3) is 0.412. The Hall–Kier alpha value is -2.18. The van der Waals surface area contributed by atoms with Crippen molar-refractivity contribution in [1.29, 1.82) is 0 Å². The number of aliphatic hydroxyl groups is 1. The van der Waals surface area contributed by atoms with Crippen molar-refractivity contribution in [2.75, 3.05) is 32.1 Å². The van der Waals surface area contributed by atoms with Gasteiger partial charge in [0.05, 0.1) is 19.6 Å². The quantitative estimate of drug-likeness (QED) is 0.766. The number of anilines is 1. The van der Waals surface area contributed by atoms with E-state index in [2.05, 4.69) is 11.9 Å². The topological polar surface area (TPSA) is 78.9 Å². The summed E-state index contributed by atoms with van der Waals surface area (Å²) in [6, 6.07) is 7.15. The van der Waals surface area contributed by atoms with Gasteiger partial charge < -0.3 is 20.1 Å². The third-order valence-corrected chi connectivity index (χ3v) is 3.90. The van der Waals surface area contributed by atoms with Crippen LogP contribution < -0.4 is 5.32 Å². The molecule has 0 aliphatic carbocycles. The minimum Gasteiger partial charge on any atom is -0.386 e. The molecule has 0 aromatic heterocycles. The van der Waals surface area contributed by atoms with Gasteiger partial charge >= 0.3 is 0 Å². The van der Waals surface area contributed by atoms with Crippen molar-refractivity contribution < 1.29 is 19.4 Å². The SMILES string of the molecule is C=CC(=O)Nc1ccccc1CC(=O)N1CCC(O)(COC)C1. The minimum atomic E-state index is -0.971. The number of para-hydroxylation sites is 1. The molecule has 6 nitrogen and oxygen atoms in total.